The fourth-order valence-electron chi connectivity index (χ4n) is 1.78. The van der Waals surface area contributed by atoms with Gasteiger partial charge < -0.3 is 10.1 Å². The minimum Gasteiger partial charge on any atom is -0.434 e. The standard InChI is InChI=1S/C14H16F2N2OS/c1-9-7-18-13(20-9)10(2)17-8-11-5-3-4-6-12(11)19-14(15)16/h3-7,10,14,17H,8H2,1-2H3. The minimum absolute atomic E-state index is 0.0632. The molecule has 0 aliphatic heterocycles. The predicted octanol–water partition coefficient (Wildman–Crippen LogP) is 3.90. The van der Waals surface area contributed by atoms with E-state index in [4.69, 9.17) is 0 Å². The Hall–Kier alpha value is -1.53. The molecular formula is C14H16F2N2OS. The van der Waals surface area contributed by atoms with E-state index >= 15 is 0 Å². The minimum atomic E-state index is -2.81. The van der Waals surface area contributed by atoms with Crippen LogP contribution in [-0.2, 0) is 6.54 Å². The molecule has 6 heteroatoms. The molecule has 1 aromatic heterocycles. The second kappa shape index (κ2) is 6.76. The highest BCUT2D eigenvalue weighted by Crippen LogP contribution is 2.23. The highest BCUT2D eigenvalue weighted by Gasteiger charge is 2.12. The Morgan fingerprint density at radius 3 is 2.75 bits per heavy atom. The number of aryl methyl sites for hydroxylation is 1. The smallest absolute Gasteiger partial charge is 0.387 e. The molecule has 0 aliphatic carbocycles. The Labute approximate surface area is 120 Å². The van der Waals surface area contributed by atoms with E-state index in [0.29, 0.717) is 12.1 Å². The molecule has 1 atom stereocenters. The van der Waals surface area contributed by atoms with Gasteiger partial charge in [-0.3, -0.25) is 0 Å². The monoisotopic (exact) mass is 298 g/mol. The summed E-state index contributed by atoms with van der Waals surface area (Å²) in [5.41, 5.74) is 0.702. The molecule has 3 nitrogen and oxygen atoms in total. The third-order valence-electron chi connectivity index (χ3n) is 2.80. The van der Waals surface area contributed by atoms with Crippen molar-refractivity contribution in [3.8, 4) is 5.75 Å². The summed E-state index contributed by atoms with van der Waals surface area (Å²) in [4.78, 5) is 5.45. The summed E-state index contributed by atoms with van der Waals surface area (Å²) in [7, 11) is 0. The number of ether oxygens (including phenoxy) is 1. The molecule has 0 bridgehead atoms. The van der Waals surface area contributed by atoms with Crippen LogP contribution in [0, 0.1) is 6.92 Å². The Bertz CT molecular complexity index is 560. The van der Waals surface area contributed by atoms with E-state index in [1.807, 2.05) is 20.0 Å². The maximum atomic E-state index is 12.3. The Morgan fingerprint density at radius 2 is 2.10 bits per heavy atom. The average molecular weight is 298 g/mol. The van der Waals surface area contributed by atoms with Crippen LogP contribution in [0.5, 0.6) is 5.75 Å². The number of nitrogens with one attached hydrogen (secondary N) is 1. The molecule has 0 fully saturated rings. The van der Waals surface area contributed by atoms with Crippen molar-refractivity contribution in [1.82, 2.24) is 10.3 Å². The van der Waals surface area contributed by atoms with E-state index in [1.54, 1.807) is 35.6 Å². The van der Waals surface area contributed by atoms with Gasteiger partial charge in [-0.05, 0) is 19.9 Å². The lowest BCUT2D eigenvalue weighted by Gasteiger charge is -2.14. The summed E-state index contributed by atoms with van der Waals surface area (Å²) in [6, 6.07) is 6.85. The normalized spacial score (nSPS) is 12.7. The number of para-hydroxylation sites is 1. The van der Waals surface area contributed by atoms with Gasteiger partial charge in [0.05, 0.1) is 6.04 Å². The Morgan fingerprint density at radius 1 is 1.35 bits per heavy atom. The molecule has 1 unspecified atom stereocenters. The summed E-state index contributed by atoms with van der Waals surface area (Å²) < 4.78 is 29.1. The Balaban J connectivity index is 2.00. The highest BCUT2D eigenvalue weighted by molar-refractivity contribution is 7.11. The lowest BCUT2D eigenvalue weighted by Crippen LogP contribution is -2.18. The van der Waals surface area contributed by atoms with Crippen LogP contribution >= 0.6 is 11.3 Å². The van der Waals surface area contributed by atoms with E-state index in [-0.39, 0.29) is 11.8 Å². The van der Waals surface area contributed by atoms with Gasteiger partial charge in [-0.1, -0.05) is 18.2 Å². The van der Waals surface area contributed by atoms with Crippen LogP contribution in [0.3, 0.4) is 0 Å². The van der Waals surface area contributed by atoms with Gasteiger partial charge in [-0.15, -0.1) is 11.3 Å². The summed E-state index contributed by atoms with van der Waals surface area (Å²) in [6.45, 7) is 1.63. The zero-order valence-corrected chi connectivity index (χ0v) is 12.1. The molecule has 0 saturated carbocycles. The largest absolute Gasteiger partial charge is 0.434 e. The first-order valence-electron chi connectivity index (χ1n) is 6.24. The zero-order chi connectivity index (χ0) is 14.5. The van der Waals surface area contributed by atoms with E-state index in [2.05, 4.69) is 15.0 Å². The topological polar surface area (TPSA) is 34.2 Å². The van der Waals surface area contributed by atoms with Crippen molar-refractivity contribution in [3.05, 3.63) is 45.9 Å². The van der Waals surface area contributed by atoms with Crippen LogP contribution in [-0.4, -0.2) is 11.6 Å². The first kappa shape index (κ1) is 14.9. The van der Waals surface area contributed by atoms with E-state index < -0.39 is 6.61 Å². The van der Waals surface area contributed by atoms with Gasteiger partial charge in [0.2, 0.25) is 0 Å². The van der Waals surface area contributed by atoms with Gasteiger partial charge in [0.1, 0.15) is 10.8 Å². The molecule has 1 N–H and O–H groups in total. The van der Waals surface area contributed by atoms with Crippen LogP contribution in [0.25, 0.3) is 0 Å². The summed E-state index contributed by atoms with van der Waals surface area (Å²) >= 11 is 1.62. The highest BCUT2D eigenvalue weighted by atomic mass is 32.1. The van der Waals surface area contributed by atoms with Crippen molar-refractivity contribution < 1.29 is 13.5 Å². The predicted molar refractivity (Wildman–Crippen MR) is 75.2 cm³/mol. The van der Waals surface area contributed by atoms with Crippen molar-refractivity contribution in [2.45, 2.75) is 33.0 Å². The molecule has 0 amide bonds. The SMILES string of the molecule is Cc1cnc(C(C)NCc2ccccc2OC(F)F)s1. The fraction of sp³-hybridized carbons (Fsp3) is 0.357. The molecule has 0 aliphatic rings. The van der Waals surface area contributed by atoms with Crippen molar-refractivity contribution in [2.24, 2.45) is 0 Å². The maximum Gasteiger partial charge on any atom is 0.387 e. The molecule has 1 aromatic carbocycles. The number of hydrogen-bond acceptors (Lipinski definition) is 4. The summed E-state index contributed by atoms with van der Waals surface area (Å²) in [5, 5.41) is 4.25. The number of rotatable bonds is 6. The van der Waals surface area contributed by atoms with Gasteiger partial charge >= 0.3 is 6.61 Å². The number of hydrogen-bond donors (Lipinski definition) is 1. The number of benzene rings is 1. The first-order chi connectivity index (χ1) is 9.56. The number of alkyl halides is 2. The molecule has 20 heavy (non-hydrogen) atoms. The second-order valence-electron chi connectivity index (χ2n) is 4.40. The number of thiazole rings is 1. The van der Waals surface area contributed by atoms with Gasteiger partial charge in [-0.2, -0.15) is 8.78 Å². The molecule has 0 radical (unpaired) electrons. The molecule has 2 rings (SSSR count). The van der Waals surface area contributed by atoms with Gasteiger partial charge in [-0.25, -0.2) is 4.98 Å². The lowest BCUT2D eigenvalue weighted by atomic mass is 10.2. The quantitative estimate of drug-likeness (QED) is 0.878. The molecule has 2 aromatic rings. The second-order valence-corrected chi connectivity index (χ2v) is 5.66. The van der Waals surface area contributed by atoms with E-state index in [9.17, 15) is 8.78 Å². The number of nitrogens with zero attached hydrogens (tertiary/aromatic N) is 1. The third-order valence-corrected chi connectivity index (χ3v) is 3.89. The van der Waals surface area contributed by atoms with Crippen LogP contribution in [0.15, 0.2) is 30.5 Å². The molecule has 1 heterocycles. The lowest BCUT2D eigenvalue weighted by molar-refractivity contribution is -0.0505. The van der Waals surface area contributed by atoms with Crippen molar-refractivity contribution in [2.75, 3.05) is 0 Å². The van der Waals surface area contributed by atoms with Crippen molar-refractivity contribution in [3.63, 3.8) is 0 Å². The maximum absolute atomic E-state index is 12.3. The first-order valence-corrected chi connectivity index (χ1v) is 7.06. The molecule has 0 spiro atoms. The zero-order valence-electron chi connectivity index (χ0n) is 11.3. The fourth-order valence-corrected chi connectivity index (χ4v) is 2.58. The average Bonchev–Trinajstić information content (AvgIpc) is 2.83. The Kier molecular flexibility index (Phi) is 5.03. The van der Waals surface area contributed by atoms with Crippen LogP contribution < -0.4 is 10.1 Å². The third kappa shape index (κ3) is 3.98. The van der Waals surface area contributed by atoms with Crippen LogP contribution in [0.1, 0.15) is 28.4 Å². The van der Waals surface area contributed by atoms with E-state index in [0.717, 1.165) is 9.88 Å². The van der Waals surface area contributed by atoms with Crippen molar-refractivity contribution in [1.29, 1.82) is 0 Å². The van der Waals surface area contributed by atoms with E-state index in [1.165, 1.54) is 0 Å². The molecule has 0 saturated heterocycles. The summed E-state index contributed by atoms with van der Waals surface area (Å²) in [6.07, 6.45) is 1.83. The molecular weight excluding hydrogens is 282 g/mol. The van der Waals surface area contributed by atoms with Gasteiger partial charge in [0.15, 0.2) is 0 Å². The van der Waals surface area contributed by atoms with Crippen LogP contribution in [0.4, 0.5) is 8.78 Å². The summed E-state index contributed by atoms with van der Waals surface area (Å²) in [5.74, 6) is 0.206. The van der Waals surface area contributed by atoms with Gasteiger partial charge in [0.25, 0.3) is 0 Å². The van der Waals surface area contributed by atoms with Crippen LogP contribution in [0.2, 0.25) is 0 Å². The number of aromatic nitrogens is 1. The van der Waals surface area contributed by atoms with Crippen molar-refractivity contribution >= 4 is 11.3 Å². The molecule has 108 valence electrons. The number of halogens is 2. The van der Waals surface area contributed by atoms with Gasteiger partial charge in [0, 0.05) is 23.2 Å².